The van der Waals surface area contributed by atoms with Gasteiger partial charge in [-0.25, -0.2) is 14.8 Å². The number of halogens is 1. The van der Waals surface area contributed by atoms with Gasteiger partial charge in [-0.2, -0.15) is 0 Å². The van der Waals surface area contributed by atoms with Gasteiger partial charge in [-0.05, 0) is 49.7 Å². The number of hydrogen-bond donors (Lipinski definition) is 2. The van der Waals surface area contributed by atoms with E-state index in [2.05, 4.69) is 32.2 Å². The number of aromatic carboxylic acids is 1. The number of benzene rings is 2. The Balaban J connectivity index is 1.50. The highest BCUT2D eigenvalue weighted by molar-refractivity contribution is 6.29. The molecule has 0 unspecified atom stereocenters. The molecule has 2 N–H and O–H groups in total. The van der Waals surface area contributed by atoms with Crippen LogP contribution in [-0.2, 0) is 7.05 Å². The molecule has 3 heterocycles. The maximum absolute atomic E-state index is 13.5. The van der Waals surface area contributed by atoms with Gasteiger partial charge in [0.1, 0.15) is 5.15 Å². The SMILES string of the molecule is Cc1cc([C@@H](C)Nc2ccc(Cl)nc2C(=O)O)c2nc(N3CCN(c4ccccc4)CC3)n(C)c(=O)c2c1. The van der Waals surface area contributed by atoms with Crippen molar-refractivity contribution in [3.8, 4) is 0 Å². The number of rotatable bonds is 6. The number of carboxylic acid groups (broad SMARTS) is 1. The van der Waals surface area contributed by atoms with Crippen LogP contribution in [0.5, 0.6) is 0 Å². The predicted molar refractivity (Wildman–Crippen MR) is 151 cm³/mol. The van der Waals surface area contributed by atoms with Crippen LogP contribution >= 0.6 is 11.6 Å². The maximum Gasteiger partial charge on any atom is 0.356 e. The molecule has 1 saturated heterocycles. The second-order valence-electron chi connectivity index (χ2n) is 9.54. The molecular formula is C28H29ClN6O3. The number of aryl methyl sites for hydroxylation is 1. The van der Waals surface area contributed by atoms with E-state index >= 15 is 0 Å². The molecule has 0 spiro atoms. The molecule has 1 aliphatic heterocycles. The summed E-state index contributed by atoms with van der Waals surface area (Å²) in [5, 5.41) is 13.5. The molecule has 1 fully saturated rings. The number of nitrogens with zero attached hydrogens (tertiary/aromatic N) is 5. The largest absolute Gasteiger partial charge is 0.476 e. The van der Waals surface area contributed by atoms with Crippen molar-refractivity contribution in [1.29, 1.82) is 0 Å². The van der Waals surface area contributed by atoms with E-state index < -0.39 is 5.97 Å². The molecule has 0 saturated carbocycles. The number of carbonyl (C=O) groups is 1. The number of para-hydroxylation sites is 1. The number of carboxylic acids is 1. The summed E-state index contributed by atoms with van der Waals surface area (Å²) in [7, 11) is 1.76. The van der Waals surface area contributed by atoms with E-state index in [1.807, 2.05) is 44.2 Å². The lowest BCUT2D eigenvalue weighted by Gasteiger charge is -2.37. The zero-order chi connectivity index (χ0) is 27.0. The van der Waals surface area contributed by atoms with Crippen molar-refractivity contribution in [3.63, 3.8) is 0 Å². The van der Waals surface area contributed by atoms with Crippen LogP contribution in [0.25, 0.3) is 10.9 Å². The van der Waals surface area contributed by atoms with Crippen LogP contribution < -0.4 is 20.7 Å². The lowest BCUT2D eigenvalue weighted by atomic mass is 10.0. The standard InChI is InChI=1S/C28H29ClN6O3/c1-17-15-20(18(2)30-22-9-10-23(29)31-25(22)27(37)38)24-21(16-17)26(36)33(3)28(32-24)35-13-11-34(12-14-35)19-7-5-4-6-8-19/h4-10,15-16,18,30H,11-14H2,1-3H3,(H,37,38)/t18-/m1/s1. The summed E-state index contributed by atoms with van der Waals surface area (Å²) in [5.74, 6) is -0.563. The molecule has 5 rings (SSSR count). The van der Waals surface area contributed by atoms with Gasteiger partial charge in [-0.1, -0.05) is 35.9 Å². The van der Waals surface area contributed by atoms with E-state index in [-0.39, 0.29) is 22.4 Å². The first kappa shape index (κ1) is 25.5. The molecule has 0 bridgehead atoms. The molecule has 1 atom stereocenters. The van der Waals surface area contributed by atoms with E-state index in [4.69, 9.17) is 16.6 Å². The van der Waals surface area contributed by atoms with Crippen molar-refractivity contribution in [3.05, 3.63) is 86.9 Å². The fraction of sp³-hybridized carbons (Fsp3) is 0.286. The first-order valence-electron chi connectivity index (χ1n) is 12.5. The molecule has 2 aromatic heterocycles. The number of anilines is 3. The Morgan fingerprint density at radius 3 is 2.39 bits per heavy atom. The Morgan fingerprint density at radius 1 is 1.03 bits per heavy atom. The van der Waals surface area contributed by atoms with Crippen LogP contribution in [-0.4, -0.2) is 51.8 Å². The third-order valence-electron chi connectivity index (χ3n) is 6.92. The Hall–Kier alpha value is -4.11. The van der Waals surface area contributed by atoms with Gasteiger partial charge < -0.3 is 20.2 Å². The lowest BCUT2D eigenvalue weighted by molar-refractivity contribution is 0.0691. The second kappa shape index (κ2) is 10.3. The zero-order valence-corrected chi connectivity index (χ0v) is 22.2. The Labute approximate surface area is 225 Å². The molecule has 0 aliphatic carbocycles. The van der Waals surface area contributed by atoms with Gasteiger partial charge in [0.25, 0.3) is 5.56 Å². The van der Waals surface area contributed by atoms with Crippen LogP contribution in [0.15, 0.2) is 59.4 Å². The highest BCUT2D eigenvalue weighted by atomic mass is 35.5. The zero-order valence-electron chi connectivity index (χ0n) is 21.5. The number of piperazine rings is 1. The predicted octanol–water partition coefficient (Wildman–Crippen LogP) is 4.49. The molecule has 196 valence electrons. The number of hydrogen-bond acceptors (Lipinski definition) is 7. The highest BCUT2D eigenvalue weighted by Crippen LogP contribution is 2.29. The Kier molecular flexibility index (Phi) is 6.94. The number of fused-ring (bicyclic) bond motifs is 1. The van der Waals surface area contributed by atoms with Crippen LogP contribution in [0, 0.1) is 6.92 Å². The lowest BCUT2D eigenvalue weighted by Crippen LogP contribution is -2.48. The minimum Gasteiger partial charge on any atom is -0.476 e. The molecule has 2 aromatic carbocycles. The molecule has 10 heteroatoms. The van der Waals surface area contributed by atoms with E-state index in [0.29, 0.717) is 22.5 Å². The third-order valence-corrected chi connectivity index (χ3v) is 7.13. The fourth-order valence-corrected chi connectivity index (χ4v) is 5.13. The minimum absolute atomic E-state index is 0.101. The summed E-state index contributed by atoms with van der Waals surface area (Å²) in [5.41, 5.74) is 3.55. The monoisotopic (exact) mass is 532 g/mol. The fourth-order valence-electron chi connectivity index (χ4n) is 4.98. The van der Waals surface area contributed by atoms with Crippen LogP contribution in [0.3, 0.4) is 0 Å². The first-order valence-corrected chi connectivity index (χ1v) is 12.8. The highest BCUT2D eigenvalue weighted by Gasteiger charge is 2.24. The number of pyridine rings is 1. The Bertz CT molecular complexity index is 1560. The van der Waals surface area contributed by atoms with Crippen molar-refractivity contribution < 1.29 is 9.90 Å². The summed E-state index contributed by atoms with van der Waals surface area (Å²) < 4.78 is 1.62. The van der Waals surface area contributed by atoms with E-state index in [9.17, 15) is 14.7 Å². The van der Waals surface area contributed by atoms with Crippen molar-refractivity contribution >= 4 is 45.8 Å². The van der Waals surface area contributed by atoms with Crippen molar-refractivity contribution in [2.75, 3.05) is 41.3 Å². The molecular weight excluding hydrogens is 504 g/mol. The summed E-state index contributed by atoms with van der Waals surface area (Å²) in [6, 6.07) is 16.9. The summed E-state index contributed by atoms with van der Waals surface area (Å²) in [6.07, 6.45) is 0. The van der Waals surface area contributed by atoms with Gasteiger partial charge in [0.2, 0.25) is 5.95 Å². The van der Waals surface area contributed by atoms with Crippen LogP contribution in [0.2, 0.25) is 5.15 Å². The van der Waals surface area contributed by atoms with Gasteiger partial charge in [-0.15, -0.1) is 0 Å². The first-order chi connectivity index (χ1) is 18.2. The number of nitrogens with one attached hydrogen (secondary N) is 1. The van der Waals surface area contributed by atoms with Crippen molar-refractivity contribution in [1.82, 2.24) is 14.5 Å². The molecule has 0 amide bonds. The summed E-state index contributed by atoms with van der Waals surface area (Å²) in [4.78, 5) is 38.7. The van der Waals surface area contributed by atoms with E-state index in [0.717, 1.165) is 37.3 Å². The molecule has 9 nitrogen and oxygen atoms in total. The summed E-state index contributed by atoms with van der Waals surface area (Å²) >= 11 is 5.92. The van der Waals surface area contributed by atoms with Gasteiger partial charge >= 0.3 is 5.97 Å². The summed E-state index contributed by atoms with van der Waals surface area (Å²) in [6.45, 7) is 6.93. The minimum atomic E-state index is -1.18. The quantitative estimate of drug-likeness (QED) is 0.350. The van der Waals surface area contributed by atoms with Crippen LogP contribution in [0.4, 0.5) is 17.3 Å². The van der Waals surface area contributed by atoms with Gasteiger partial charge in [0.15, 0.2) is 5.69 Å². The van der Waals surface area contributed by atoms with E-state index in [1.54, 1.807) is 23.7 Å². The smallest absolute Gasteiger partial charge is 0.356 e. The van der Waals surface area contributed by atoms with Gasteiger partial charge in [0.05, 0.1) is 22.6 Å². The van der Waals surface area contributed by atoms with Gasteiger partial charge in [-0.3, -0.25) is 9.36 Å². The van der Waals surface area contributed by atoms with Crippen molar-refractivity contribution in [2.45, 2.75) is 19.9 Å². The van der Waals surface area contributed by atoms with Gasteiger partial charge in [0, 0.05) is 44.5 Å². The molecule has 1 aliphatic rings. The second-order valence-corrected chi connectivity index (χ2v) is 9.92. The van der Waals surface area contributed by atoms with Crippen molar-refractivity contribution in [2.24, 2.45) is 7.05 Å². The molecule has 0 radical (unpaired) electrons. The maximum atomic E-state index is 13.5. The number of aromatic nitrogens is 3. The van der Waals surface area contributed by atoms with Crippen LogP contribution in [0.1, 0.15) is 34.6 Å². The normalized spacial score (nSPS) is 14.5. The topological polar surface area (TPSA) is 104 Å². The molecule has 38 heavy (non-hydrogen) atoms. The van der Waals surface area contributed by atoms with E-state index in [1.165, 1.54) is 5.69 Å². The Morgan fingerprint density at radius 2 is 1.71 bits per heavy atom. The molecule has 4 aromatic rings. The third kappa shape index (κ3) is 4.89. The average Bonchev–Trinajstić information content (AvgIpc) is 2.92. The average molecular weight is 533 g/mol.